The van der Waals surface area contributed by atoms with Gasteiger partial charge in [0, 0.05) is 43.7 Å². The van der Waals surface area contributed by atoms with E-state index in [1.165, 1.54) is 0 Å². The van der Waals surface area contributed by atoms with Crippen molar-refractivity contribution in [3.05, 3.63) is 16.1 Å². The number of carbonyl (C=O) groups is 1. The lowest BCUT2D eigenvalue weighted by Crippen LogP contribution is -2.51. The number of urea groups is 1. The van der Waals surface area contributed by atoms with E-state index in [0.717, 1.165) is 42.5 Å². The van der Waals surface area contributed by atoms with Gasteiger partial charge in [-0.3, -0.25) is 4.90 Å². The number of nitrogens with one attached hydrogen (secondary N) is 1. The molecule has 1 aromatic rings. The van der Waals surface area contributed by atoms with Crippen LogP contribution in [0, 0.1) is 18.3 Å². The van der Waals surface area contributed by atoms with Gasteiger partial charge >= 0.3 is 6.03 Å². The van der Waals surface area contributed by atoms with Gasteiger partial charge < -0.3 is 10.2 Å². The Labute approximate surface area is 136 Å². The maximum atomic E-state index is 12.2. The monoisotopic (exact) mass is 320 g/mol. The number of carbonyl (C=O) groups excluding carboxylic acids is 1. The van der Waals surface area contributed by atoms with Crippen LogP contribution in [0.15, 0.2) is 6.20 Å². The zero-order valence-electron chi connectivity index (χ0n) is 13.3. The maximum absolute atomic E-state index is 12.2. The van der Waals surface area contributed by atoms with Gasteiger partial charge in [-0.05, 0) is 5.92 Å². The molecule has 1 fully saturated rings. The first-order valence-corrected chi connectivity index (χ1v) is 8.52. The van der Waals surface area contributed by atoms with Crippen LogP contribution in [0.4, 0.5) is 4.79 Å². The van der Waals surface area contributed by atoms with E-state index in [9.17, 15) is 4.79 Å². The SMILES string of the molecule is C#CCN1CCN(C(=O)NCc2cnc(CC(C)C)s2)CC1. The second-order valence-electron chi connectivity index (χ2n) is 5.94. The van der Waals surface area contributed by atoms with Crippen molar-refractivity contribution in [2.45, 2.75) is 26.8 Å². The molecule has 2 rings (SSSR count). The molecule has 5 nitrogen and oxygen atoms in total. The van der Waals surface area contributed by atoms with Crippen molar-refractivity contribution < 1.29 is 4.79 Å². The van der Waals surface area contributed by atoms with E-state index >= 15 is 0 Å². The molecule has 0 bridgehead atoms. The predicted octanol–water partition coefficient (Wildman–Crippen LogP) is 1.80. The van der Waals surface area contributed by atoms with Gasteiger partial charge in [0.25, 0.3) is 0 Å². The highest BCUT2D eigenvalue weighted by Crippen LogP contribution is 2.16. The number of rotatable bonds is 5. The largest absolute Gasteiger partial charge is 0.333 e. The summed E-state index contributed by atoms with van der Waals surface area (Å²) in [6, 6.07) is -0.000771. The smallest absolute Gasteiger partial charge is 0.317 e. The van der Waals surface area contributed by atoms with Gasteiger partial charge in [-0.15, -0.1) is 17.8 Å². The van der Waals surface area contributed by atoms with Gasteiger partial charge in [0.1, 0.15) is 0 Å². The van der Waals surface area contributed by atoms with Crippen LogP contribution in [0.1, 0.15) is 23.7 Å². The Kier molecular flexibility index (Phi) is 6.22. The van der Waals surface area contributed by atoms with Crippen molar-refractivity contribution >= 4 is 17.4 Å². The van der Waals surface area contributed by atoms with Crippen molar-refractivity contribution in [2.75, 3.05) is 32.7 Å². The minimum Gasteiger partial charge on any atom is -0.333 e. The van der Waals surface area contributed by atoms with Crippen molar-refractivity contribution in [1.82, 2.24) is 20.1 Å². The van der Waals surface area contributed by atoms with Crippen LogP contribution < -0.4 is 5.32 Å². The molecule has 0 unspecified atom stereocenters. The third kappa shape index (κ3) is 5.00. The Morgan fingerprint density at radius 1 is 1.45 bits per heavy atom. The Hall–Kier alpha value is -1.58. The highest BCUT2D eigenvalue weighted by Gasteiger charge is 2.20. The molecule has 120 valence electrons. The Bertz CT molecular complexity index is 526. The first kappa shape index (κ1) is 16.8. The van der Waals surface area contributed by atoms with Gasteiger partial charge in [0.2, 0.25) is 0 Å². The van der Waals surface area contributed by atoms with E-state index < -0.39 is 0 Å². The molecule has 0 aliphatic carbocycles. The molecule has 0 atom stereocenters. The summed E-state index contributed by atoms with van der Waals surface area (Å²) in [4.78, 5) is 21.7. The summed E-state index contributed by atoms with van der Waals surface area (Å²) in [7, 11) is 0. The van der Waals surface area contributed by atoms with Crippen LogP contribution in [0.25, 0.3) is 0 Å². The fourth-order valence-electron chi connectivity index (χ4n) is 2.39. The highest BCUT2D eigenvalue weighted by molar-refractivity contribution is 7.11. The number of amides is 2. The summed E-state index contributed by atoms with van der Waals surface area (Å²) in [5.41, 5.74) is 0. The van der Waals surface area contributed by atoms with Gasteiger partial charge in [-0.25, -0.2) is 9.78 Å². The van der Waals surface area contributed by atoms with E-state index in [1.807, 2.05) is 11.1 Å². The summed E-state index contributed by atoms with van der Waals surface area (Å²) in [5, 5.41) is 4.12. The molecule has 0 aromatic carbocycles. The van der Waals surface area contributed by atoms with Crippen LogP contribution in [-0.4, -0.2) is 53.5 Å². The molecule has 22 heavy (non-hydrogen) atoms. The number of nitrogens with zero attached hydrogens (tertiary/aromatic N) is 3. The Balaban J connectivity index is 1.74. The standard InChI is InChI=1S/C16H24N4OS/c1-4-5-19-6-8-20(9-7-19)16(21)18-12-14-11-17-15(22-14)10-13(2)3/h1,11,13H,5-10,12H2,2-3H3,(H,18,21). The first-order chi connectivity index (χ1) is 10.6. The van der Waals surface area contributed by atoms with Crippen molar-refractivity contribution in [3.8, 4) is 12.3 Å². The molecule has 1 N–H and O–H groups in total. The quantitative estimate of drug-likeness (QED) is 0.842. The van der Waals surface area contributed by atoms with E-state index in [-0.39, 0.29) is 6.03 Å². The van der Waals surface area contributed by atoms with E-state index in [4.69, 9.17) is 6.42 Å². The average molecular weight is 320 g/mol. The number of piperazine rings is 1. The minimum atomic E-state index is -0.000771. The molecular formula is C16H24N4OS. The van der Waals surface area contributed by atoms with Gasteiger partial charge in [-0.1, -0.05) is 19.8 Å². The lowest BCUT2D eigenvalue weighted by molar-refractivity contribution is 0.147. The third-order valence-electron chi connectivity index (χ3n) is 3.57. The molecule has 2 heterocycles. The van der Waals surface area contributed by atoms with Gasteiger partial charge in [0.15, 0.2) is 0 Å². The third-order valence-corrected chi connectivity index (χ3v) is 4.59. The van der Waals surface area contributed by atoms with Crippen LogP contribution in [0.5, 0.6) is 0 Å². The molecule has 1 aromatic heterocycles. The van der Waals surface area contributed by atoms with Crippen LogP contribution in [-0.2, 0) is 13.0 Å². The predicted molar refractivity (Wildman–Crippen MR) is 89.7 cm³/mol. The summed E-state index contributed by atoms with van der Waals surface area (Å²) in [5.74, 6) is 3.25. The van der Waals surface area contributed by atoms with E-state index in [1.54, 1.807) is 11.3 Å². The molecule has 6 heteroatoms. The Morgan fingerprint density at radius 3 is 2.82 bits per heavy atom. The van der Waals surface area contributed by atoms with Crippen LogP contribution in [0.3, 0.4) is 0 Å². The molecule has 0 saturated carbocycles. The zero-order chi connectivity index (χ0) is 15.9. The normalized spacial score (nSPS) is 15.8. The molecular weight excluding hydrogens is 296 g/mol. The maximum Gasteiger partial charge on any atom is 0.317 e. The van der Waals surface area contributed by atoms with Crippen molar-refractivity contribution in [2.24, 2.45) is 5.92 Å². The highest BCUT2D eigenvalue weighted by atomic mass is 32.1. The van der Waals surface area contributed by atoms with E-state index in [2.05, 4.69) is 35.0 Å². The number of thiazole rings is 1. The number of hydrogen-bond donors (Lipinski definition) is 1. The topological polar surface area (TPSA) is 48.5 Å². The lowest BCUT2D eigenvalue weighted by Gasteiger charge is -2.33. The van der Waals surface area contributed by atoms with Gasteiger partial charge in [0.05, 0.1) is 18.1 Å². The number of terminal acetylenes is 1. The number of aromatic nitrogens is 1. The molecule has 1 aliphatic heterocycles. The fraction of sp³-hybridized carbons (Fsp3) is 0.625. The van der Waals surface area contributed by atoms with Gasteiger partial charge in [-0.2, -0.15) is 0 Å². The molecule has 2 amide bonds. The zero-order valence-corrected chi connectivity index (χ0v) is 14.2. The molecule has 0 radical (unpaired) electrons. The fourth-order valence-corrected chi connectivity index (χ4v) is 3.46. The summed E-state index contributed by atoms with van der Waals surface area (Å²) < 4.78 is 0. The van der Waals surface area contributed by atoms with Crippen LogP contribution >= 0.6 is 11.3 Å². The van der Waals surface area contributed by atoms with Crippen molar-refractivity contribution in [1.29, 1.82) is 0 Å². The van der Waals surface area contributed by atoms with Crippen LogP contribution in [0.2, 0.25) is 0 Å². The summed E-state index contributed by atoms with van der Waals surface area (Å²) in [6.07, 6.45) is 8.17. The number of hydrogen-bond acceptors (Lipinski definition) is 4. The second-order valence-corrected chi connectivity index (χ2v) is 7.14. The van der Waals surface area contributed by atoms with E-state index in [0.29, 0.717) is 19.0 Å². The van der Waals surface area contributed by atoms with Crippen molar-refractivity contribution in [3.63, 3.8) is 0 Å². The Morgan fingerprint density at radius 2 is 2.18 bits per heavy atom. The summed E-state index contributed by atoms with van der Waals surface area (Å²) in [6.45, 7) is 8.73. The minimum absolute atomic E-state index is 0.000771. The summed E-state index contributed by atoms with van der Waals surface area (Å²) >= 11 is 1.68. The second kappa shape index (κ2) is 8.16. The first-order valence-electron chi connectivity index (χ1n) is 7.70. The molecule has 0 spiro atoms. The molecule has 1 aliphatic rings. The lowest BCUT2D eigenvalue weighted by atomic mass is 10.1. The molecule has 1 saturated heterocycles. The average Bonchev–Trinajstić information content (AvgIpc) is 2.92.